The number of rotatable bonds is 3. The molecule has 2 heterocycles. The van der Waals surface area contributed by atoms with Crippen LogP contribution in [0.2, 0.25) is 0 Å². The maximum absolute atomic E-state index is 12.0. The zero-order valence-corrected chi connectivity index (χ0v) is 11.7. The molecule has 110 valence electrons. The summed E-state index contributed by atoms with van der Waals surface area (Å²) in [6, 6.07) is 7.37. The summed E-state index contributed by atoms with van der Waals surface area (Å²) in [7, 11) is 0. The van der Waals surface area contributed by atoms with Crippen molar-refractivity contribution in [2.45, 2.75) is 13.0 Å². The number of aromatic nitrogens is 1. The average molecular weight is 288 g/mol. The van der Waals surface area contributed by atoms with Gasteiger partial charge >= 0.3 is 0 Å². The topological polar surface area (TPSA) is 73.6 Å². The minimum atomic E-state index is -0.546. The summed E-state index contributed by atoms with van der Waals surface area (Å²) >= 11 is 0. The average Bonchev–Trinajstić information content (AvgIpc) is 2.95. The van der Waals surface area contributed by atoms with Crippen molar-refractivity contribution in [3.8, 4) is 11.3 Å². The summed E-state index contributed by atoms with van der Waals surface area (Å²) < 4.78 is 16.0. The molecule has 1 amide bonds. The first kappa shape index (κ1) is 13.8. The standard InChI is InChI=1S/C15H16N2O4/c1-10-16-8-13(21-10)11-2-4-12(5-3-11)17-15(18)14-9-19-6-7-20-14/h2-5,8,14H,6-7,9H2,1H3,(H,17,18). The number of ether oxygens (including phenoxy) is 2. The van der Waals surface area contributed by atoms with Crippen LogP contribution >= 0.6 is 0 Å². The van der Waals surface area contributed by atoms with Gasteiger partial charge < -0.3 is 19.2 Å². The highest BCUT2D eigenvalue weighted by Crippen LogP contribution is 2.22. The molecule has 6 heteroatoms. The molecule has 1 aliphatic heterocycles. The van der Waals surface area contributed by atoms with Crippen LogP contribution in [0, 0.1) is 6.92 Å². The third kappa shape index (κ3) is 3.29. The number of hydrogen-bond donors (Lipinski definition) is 1. The molecule has 1 fully saturated rings. The fourth-order valence-electron chi connectivity index (χ4n) is 2.07. The zero-order valence-electron chi connectivity index (χ0n) is 11.7. The molecule has 1 unspecified atom stereocenters. The van der Waals surface area contributed by atoms with E-state index in [0.29, 0.717) is 37.2 Å². The molecule has 1 aromatic heterocycles. The number of amides is 1. The highest BCUT2D eigenvalue weighted by molar-refractivity contribution is 5.94. The Bertz CT molecular complexity index is 615. The van der Waals surface area contributed by atoms with Crippen LogP contribution in [-0.4, -0.2) is 36.8 Å². The van der Waals surface area contributed by atoms with Crippen LogP contribution in [0.4, 0.5) is 5.69 Å². The van der Waals surface area contributed by atoms with Gasteiger partial charge in [-0.2, -0.15) is 0 Å². The van der Waals surface area contributed by atoms with Gasteiger partial charge in [0.1, 0.15) is 0 Å². The van der Waals surface area contributed by atoms with E-state index in [4.69, 9.17) is 13.9 Å². The summed E-state index contributed by atoms with van der Waals surface area (Å²) in [4.78, 5) is 16.0. The van der Waals surface area contributed by atoms with Gasteiger partial charge in [-0.3, -0.25) is 4.79 Å². The smallest absolute Gasteiger partial charge is 0.255 e. The van der Waals surface area contributed by atoms with E-state index in [1.807, 2.05) is 24.3 Å². The molecule has 0 aliphatic carbocycles. The van der Waals surface area contributed by atoms with E-state index >= 15 is 0 Å². The fraction of sp³-hybridized carbons (Fsp3) is 0.333. The molecule has 21 heavy (non-hydrogen) atoms. The van der Waals surface area contributed by atoms with Crippen LogP contribution in [-0.2, 0) is 14.3 Å². The van der Waals surface area contributed by atoms with E-state index in [1.54, 1.807) is 13.1 Å². The molecule has 0 bridgehead atoms. The number of oxazole rings is 1. The highest BCUT2D eigenvalue weighted by atomic mass is 16.6. The Morgan fingerprint density at radius 1 is 1.29 bits per heavy atom. The van der Waals surface area contributed by atoms with Crippen LogP contribution in [0.15, 0.2) is 34.9 Å². The van der Waals surface area contributed by atoms with Crippen molar-refractivity contribution in [1.29, 1.82) is 0 Å². The molecule has 0 radical (unpaired) electrons. The largest absolute Gasteiger partial charge is 0.441 e. The number of benzene rings is 1. The SMILES string of the molecule is Cc1ncc(-c2ccc(NC(=O)C3COCCO3)cc2)o1. The van der Waals surface area contributed by atoms with Crippen LogP contribution in [0.25, 0.3) is 11.3 Å². The first-order chi connectivity index (χ1) is 10.2. The molecule has 6 nitrogen and oxygen atoms in total. The predicted molar refractivity (Wildman–Crippen MR) is 75.9 cm³/mol. The molecular formula is C15H16N2O4. The van der Waals surface area contributed by atoms with Gasteiger partial charge in [0, 0.05) is 18.2 Å². The molecular weight excluding hydrogens is 272 g/mol. The van der Waals surface area contributed by atoms with E-state index < -0.39 is 6.10 Å². The Labute approximate surface area is 122 Å². The first-order valence-corrected chi connectivity index (χ1v) is 6.75. The summed E-state index contributed by atoms with van der Waals surface area (Å²) in [5, 5.41) is 2.81. The lowest BCUT2D eigenvalue weighted by Crippen LogP contribution is -2.39. The number of anilines is 1. The normalized spacial score (nSPS) is 18.4. The van der Waals surface area contributed by atoms with Crippen LogP contribution in [0.3, 0.4) is 0 Å². The van der Waals surface area contributed by atoms with Crippen molar-refractivity contribution in [3.05, 3.63) is 36.4 Å². The number of nitrogens with zero attached hydrogens (tertiary/aromatic N) is 1. The Morgan fingerprint density at radius 3 is 2.71 bits per heavy atom. The molecule has 1 saturated heterocycles. The van der Waals surface area contributed by atoms with Gasteiger partial charge in [0.15, 0.2) is 17.8 Å². The second-order valence-corrected chi connectivity index (χ2v) is 4.74. The third-order valence-corrected chi connectivity index (χ3v) is 3.17. The zero-order chi connectivity index (χ0) is 14.7. The van der Waals surface area contributed by atoms with Gasteiger partial charge in [-0.1, -0.05) is 0 Å². The van der Waals surface area contributed by atoms with Crippen molar-refractivity contribution < 1.29 is 18.7 Å². The maximum Gasteiger partial charge on any atom is 0.255 e. The van der Waals surface area contributed by atoms with Gasteiger partial charge in [0.2, 0.25) is 0 Å². The first-order valence-electron chi connectivity index (χ1n) is 6.75. The second-order valence-electron chi connectivity index (χ2n) is 4.74. The highest BCUT2D eigenvalue weighted by Gasteiger charge is 2.22. The van der Waals surface area contributed by atoms with Crippen LogP contribution in [0.1, 0.15) is 5.89 Å². The van der Waals surface area contributed by atoms with E-state index in [9.17, 15) is 4.79 Å². The summed E-state index contributed by atoms with van der Waals surface area (Å²) in [5.41, 5.74) is 1.61. The van der Waals surface area contributed by atoms with Gasteiger partial charge in [-0.15, -0.1) is 0 Å². The molecule has 3 rings (SSSR count). The lowest BCUT2D eigenvalue weighted by atomic mass is 10.1. The van der Waals surface area contributed by atoms with E-state index in [0.717, 1.165) is 5.56 Å². The number of aryl methyl sites for hydroxylation is 1. The lowest BCUT2D eigenvalue weighted by molar-refractivity contribution is -0.142. The molecule has 0 saturated carbocycles. The van der Waals surface area contributed by atoms with E-state index in [2.05, 4.69) is 10.3 Å². The molecule has 1 atom stereocenters. The Morgan fingerprint density at radius 2 is 2.10 bits per heavy atom. The Hall–Kier alpha value is -2.18. The number of carbonyl (C=O) groups excluding carboxylic acids is 1. The Kier molecular flexibility index (Phi) is 3.98. The monoisotopic (exact) mass is 288 g/mol. The summed E-state index contributed by atoms with van der Waals surface area (Å²) in [5.74, 6) is 1.13. The van der Waals surface area contributed by atoms with Gasteiger partial charge in [-0.25, -0.2) is 4.98 Å². The van der Waals surface area contributed by atoms with Crippen molar-refractivity contribution >= 4 is 11.6 Å². The lowest BCUT2D eigenvalue weighted by Gasteiger charge is -2.22. The minimum Gasteiger partial charge on any atom is -0.441 e. The molecule has 1 N–H and O–H groups in total. The van der Waals surface area contributed by atoms with E-state index in [-0.39, 0.29) is 5.91 Å². The van der Waals surface area contributed by atoms with Crippen molar-refractivity contribution in [1.82, 2.24) is 4.98 Å². The molecule has 2 aromatic rings. The molecule has 1 aliphatic rings. The predicted octanol–water partition coefficient (Wildman–Crippen LogP) is 2.00. The van der Waals surface area contributed by atoms with Crippen molar-refractivity contribution in [2.75, 3.05) is 25.1 Å². The molecule has 0 spiro atoms. The minimum absolute atomic E-state index is 0.196. The number of hydrogen-bond acceptors (Lipinski definition) is 5. The van der Waals surface area contributed by atoms with E-state index in [1.165, 1.54) is 0 Å². The van der Waals surface area contributed by atoms with Gasteiger partial charge in [0.05, 0.1) is 26.0 Å². The maximum atomic E-state index is 12.0. The summed E-state index contributed by atoms with van der Waals surface area (Å²) in [6.45, 7) is 3.07. The third-order valence-electron chi connectivity index (χ3n) is 3.17. The van der Waals surface area contributed by atoms with Crippen molar-refractivity contribution in [2.24, 2.45) is 0 Å². The van der Waals surface area contributed by atoms with Gasteiger partial charge in [0.25, 0.3) is 5.91 Å². The summed E-state index contributed by atoms with van der Waals surface area (Å²) in [6.07, 6.45) is 1.13. The number of nitrogens with one attached hydrogen (secondary N) is 1. The van der Waals surface area contributed by atoms with Crippen molar-refractivity contribution in [3.63, 3.8) is 0 Å². The van der Waals surface area contributed by atoms with Crippen LogP contribution < -0.4 is 5.32 Å². The van der Waals surface area contributed by atoms with Gasteiger partial charge in [-0.05, 0) is 24.3 Å². The Balaban J connectivity index is 1.65. The fourth-order valence-corrected chi connectivity index (χ4v) is 2.07. The molecule has 1 aromatic carbocycles. The second kappa shape index (κ2) is 6.07. The number of carbonyl (C=O) groups is 1. The van der Waals surface area contributed by atoms with Crippen LogP contribution in [0.5, 0.6) is 0 Å². The quantitative estimate of drug-likeness (QED) is 0.935.